The number of imidazole rings is 1. The zero-order chi connectivity index (χ0) is 85.3. The van der Waals surface area contributed by atoms with E-state index in [2.05, 4.69) is 84.4 Å². The Kier molecular flexibility index (Phi) is 37.1. The van der Waals surface area contributed by atoms with Gasteiger partial charge >= 0.3 is 0 Å². The Labute approximate surface area is 686 Å². The molecule has 7 rings (SSSR count). The van der Waals surface area contributed by atoms with E-state index in [0.29, 0.717) is 12.0 Å². The van der Waals surface area contributed by atoms with Crippen LogP contribution in [-0.2, 0) is 84.8 Å². The molecule has 0 spiro atoms. The molecule has 117 heavy (non-hydrogen) atoms. The zero-order valence-corrected chi connectivity index (χ0v) is 66.7. The fourth-order valence-corrected chi connectivity index (χ4v) is 16.6. The molecule has 4 aromatic rings. The maximum atomic E-state index is 15.3. The first-order valence-corrected chi connectivity index (χ1v) is 42.0. The molecule has 4 heterocycles. The fraction of sp³-hybridized carbons (Fsp3) is 0.458. The first-order chi connectivity index (χ1) is 55.9. The van der Waals surface area contributed by atoms with Crippen molar-refractivity contribution in [1.29, 1.82) is 5.41 Å². The van der Waals surface area contributed by atoms with E-state index < -0.39 is 229 Å². The summed E-state index contributed by atoms with van der Waals surface area (Å²) >= 11 is 0. The average Bonchev–Trinajstić information content (AvgIpc) is 1.73. The first-order valence-electron chi connectivity index (χ1n) is 37.0. The summed E-state index contributed by atoms with van der Waals surface area (Å²) in [7, 11) is 3.22. The third-order valence-electron chi connectivity index (χ3n) is 18.2. The number of carbonyl (C=O) groups excluding carboxylic acids is 17. The molecule has 3 aromatic carbocycles. The van der Waals surface area contributed by atoms with E-state index >= 15 is 14.4 Å². The summed E-state index contributed by atoms with van der Waals surface area (Å²) in [5.41, 5.74) is 24.0. The van der Waals surface area contributed by atoms with Gasteiger partial charge in [-0.05, 0) is 88.2 Å². The van der Waals surface area contributed by atoms with Crippen molar-refractivity contribution in [1.82, 2.24) is 89.3 Å². The van der Waals surface area contributed by atoms with E-state index in [-0.39, 0.29) is 98.5 Å². The number of guanidine groups is 1. The van der Waals surface area contributed by atoms with Crippen LogP contribution in [0, 0.1) is 5.41 Å². The molecular formula is C72H96N22O19S4. The molecule has 3 aliphatic rings. The molecule has 632 valence electrons. The molecule has 3 saturated heterocycles. The van der Waals surface area contributed by atoms with Crippen LogP contribution >= 0.6 is 43.2 Å². The molecule has 3 aliphatic heterocycles. The number of aliphatic hydroxyl groups is 1. The Bertz CT molecular complexity index is 4220. The third-order valence-corrected chi connectivity index (χ3v) is 23.1. The number of H-pyrrole nitrogens is 1. The van der Waals surface area contributed by atoms with Crippen molar-refractivity contribution in [2.24, 2.45) is 22.9 Å². The summed E-state index contributed by atoms with van der Waals surface area (Å²) < 4.78 is 0. The number of nitrogens with one attached hydrogen (secondary N) is 16. The smallest absolute Gasteiger partial charge is 0.251 e. The maximum absolute atomic E-state index is 15.3. The lowest BCUT2D eigenvalue weighted by Gasteiger charge is -2.31. The minimum Gasteiger partial charge on any atom is -0.508 e. The second-order valence-electron chi connectivity index (χ2n) is 27.1. The van der Waals surface area contributed by atoms with Gasteiger partial charge in [0.05, 0.1) is 38.1 Å². The minimum absolute atomic E-state index is 0.0211. The van der Waals surface area contributed by atoms with Crippen molar-refractivity contribution in [3.8, 4) is 5.75 Å². The van der Waals surface area contributed by atoms with Gasteiger partial charge in [-0.1, -0.05) is 97.8 Å². The van der Waals surface area contributed by atoms with Gasteiger partial charge in [0.1, 0.15) is 78.3 Å². The number of benzene rings is 3. The molecule has 45 heteroatoms. The molecule has 41 nitrogen and oxygen atoms in total. The molecule has 26 N–H and O–H groups in total. The lowest BCUT2D eigenvalue weighted by Crippen LogP contribution is -2.61. The van der Waals surface area contributed by atoms with Crippen LogP contribution in [0.5, 0.6) is 5.75 Å². The highest BCUT2D eigenvalue weighted by atomic mass is 33.1. The van der Waals surface area contributed by atoms with Crippen LogP contribution in [0.4, 0.5) is 0 Å². The Hall–Kier alpha value is -11.6. The number of aromatic amines is 1. The number of hydrogen-bond acceptors (Lipinski definition) is 26. The topological polar surface area (TPSA) is 659 Å². The van der Waals surface area contributed by atoms with Gasteiger partial charge in [-0.25, -0.2) is 4.98 Å². The Balaban J connectivity index is 1.28. The quantitative estimate of drug-likeness (QED) is 0.0102. The summed E-state index contributed by atoms with van der Waals surface area (Å²) in [5.74, 6) is -19.4. The lowest BCUT2D eigenvalue weighted by molar-refractivity contribution is -0.142. The molecule has 16 amide bonds. The molecule has 2 unspecified atom stereocenters. The number of amides is 16. The molecule has 3 fully saturated rings. The number of unbranched alkanes of at least 4 members (excludes halogenated alkanes) is 1. The van der Waals surface area contributed by atoms with Crippen LogP contribution in [0.15, 0.2) is 91.4 Å². The summed E-state index contributed by atoms with van der Waals surface area (Å²) in [5, 5.41) is 63.4. The third kappa shape index (κ3) is 29.9. The van der Waals surface area contributed by atoms with E-state index in [9.17, 15) is 77.3 Å². The van der Waals surface area contributed by atoms with Crippen LogP contribution in [-0.4, -0.2) is 266 Å². The van der Waals surface area contributed by atoms with Gasteiger partial charge in [-0.2, -0.15) is 0 Å². The minimum atomic E-state index is -1.92. The van der Waals surface area contributed by atoms with Crippen molar-refractivity contribution in [3.63, 3.8) is 0 Å². The van der Waals surface area contributed by atoms with Gasteiger partial charge in [0.25, 0.3) is 5.91 Å². The van der Waals surface area contributed by atoms with Crippen LogP contribution in [0.25, 0.3) is 0 Å². The highest BCUT2D eigenvalue weighted by molar-refractivity contribution is 8.77. The number of primary amides is 2. The largest absolute Gasteiger partial charge is 0.508 e. The van der Waals surface area contributed by atoms with Crippen molar-refractivity contribution in [3.05, 3.63) is 119 Å². The number of aromatic hydroxyl groups is 1. The van der Waals surface area contributed by atoms with E-state index in [1.165, 1.54) is 72.9 Å². The predicted molar refractivity (Wildman–Crippen MR) is 429 cm³/mol. The summed E-state index contributed by atoms with van der Waals surface area (Å²) in [6.07, 6.45) is 1.47. The number of fused-ring (bicyclic) bond motifs is 9. The number of nitrogens with zero attached hydrogens (tertiary/aromatic N) is 2. The average molecular weight is 1700 g/mol. The Morgan fingerprint density at radius 3 is 1.90 bits per heavy atom. The van der Waals surface area contributed by atoms with E-state index in [1.807, 2.05) is 0 Å². The summed E-state index contributed by atoms with van der Waals surface area (Å²) in [6.45, 7) is -1.46. The van der Waals surface area contributed by atoms with Crippen molar-refractivity contribution >= 4 is 149 Å². The predicted octanol–water partition coefficient (Wildman–Crippen LogP) is -6.44. The van der Waals surface area contributed by atoms with Crippen molar-refractivity contribution < 1.29 is 91.7 Å². The number of rotatable bonds is 24. The lowest BCUT2D eigenvalue weighted by atomic mass is 10.0. The van der Waals surface area contributed by atoms with Crippen LogP contribution in [0.1, 0.15) is 95.8 Å². The number of nitrogens with two attached hydrogens (primary N) is 4. The maximum Gasteiger partial charge on any atom is 0.251 e. The Morgan fingerprint density at radius 2 is 1.24 bits per heavy atom. The number of carbonyl (C=O) groups is 17. The van der Waals surface area contributed by atoms with Gasteiger partial charge in [-0.15, -0.1) is 0 Å². The molecule has 12 atom stereocenters. The fourth-order valence-electron chi connectivity index (χ4n) is 11.9. The van der Waals surface area contributed by atoms with Crippen LogP contribution in [0.2, 0.25) is 0 Å². The normalized spacial score (nSPS) is 23.3. The van der Waals surface area contributed by atoms with E-state index in [0.717, 1.165) is 43.2 Å². The SMILES string of the molecule is C[C@@H]1NC(=O)[C@@H]2CCCN2C(=O)[C@H](Cc2c[nH]cn2)NC(=O)[C@@H]2CSSC[C@@H](C(N)=O)NC(=O)C(CO)NC(=O)C(Cc3ccc(O)cc3)NC(=O)[C@H](CC(N)=O)NC(=O)[C@H](CCCCN)NC(=O)CNC(=O)[C@H](CSSC[C@H](NC(=O)[C@H](CCCNC(=N)N)NC(=O)CNC(=O)c3ccc(C(=O)c4ccccc4)cc3)C(=O)N2)NC1=O. The highest BCUT2D eigenvalue weighted by Crippen LogP contribution is 2.27. The number of aliphatic hydroxyl groups excluding tert-OH is 1. The number of phenols is 1. The van der Waals surface area contributed by atoms with Gasteiger partial charge in [0.2, 0.25) is 88.6 Å². The van der Waals surface area contributed by atoms with Crippen molar-refractivity contribution in [2.45, 2.75) is 144 Å². The van der Waals surface area contributed by atoms with Gasteiger partial charge in [-0.3, -0.25) is 86.9 Å². The molecule has 1 aromatic heterocycles. The Morgan fingerprint density at radius 1 is 0.624 bits per heavy atom. The molecular weight excluding hydrogens is 1610 g/mol. The number of ketones is 1. The highest BCUT2D eigenvalue weighted by Gasteiger charge is 2.42. The van der Waals surface area contributed by atoms with Gasteiger partial charge in [0.15, 0.2) is 11.7 Å². The first kappa shape index (κ1) is 92.6. The molecule has 0 aliphatic carbocycles. The monoisotopic (exact) mass is 1700 g/mol. The van der Waals surface area contributed by atoms with E-state index in [4.69, 9.17) is 28.3 Å². The number of aromatic nitrogens is 2. The second-order valence-corrected chi connectivity index (χ2v) is 32.2. The molecule has 2 bridgehead atoms. The zero-order valence-electron chi connectivity index (χ0n) is 63.4. The second kappa shape index (κ2) is 46.9. The number of hydrogen-bond donors (Lipinski definition) is 22. The molecule has 0 saturated carbocycles. The van der Waals surface area contributed by atoms with Crippen molar-refractivity contribution in [2.75, 3.05) is 62.3 Å². The van der Waals surface area contributed by atoms with Gasteiger partial charge in [0, 0.05) is 71.8 Å². The number of phenolic OH excluding ortho intramolecular Hbond substituents is 1. The van der Waals surface area contributed by atoms with E-state index in [1.54, 1.807) is 30.3 Å². The van der Waals surface area contributed by atoms with Crippen LogP contribution < -0.4 is 97.4 Å². The molecule has 0 radical (unpaired) electrons. The summed E-state index contributed by atoms with van der Waals surface area (Å²) in [4.78, 5) is 249. The standard InChI is InChI=1S/C72H96N22O19S4/c1-37-60(102)91-51-33-115-117-35-53(92-64(106)45(12-7-23-79-72(76)77)85-56(98)29-80-61(103)41-18-16-40(17-19-41)58(100)39-9-3-2-4-10-39)69(111)93-52(68(110)88-48(26-42-28-78-36-82-42)71(113)94-24-8-13-54(94)70(112)83-37)34-116-114-32-50(59(75)101)90-67(109)49(31-95)89-65(107)46(25-38-14-20-43(96)21-15-38)86-66(108)47(27-55(74)97)87-63(105)44(11-5-6-22-73)84-57(99)30-81-62(51)104/h2-4,9-10,14-21,28,36-37,44-54,95-96H,5-8,11-13,22-27,29-35,73H2,1H3,(H2,74,97)(H2,75,101)(H,78,82)(H,80,103)(H,81,104)(H,83,112)(H,84,99)(H,85,98)(H,86,108)(H,87,105)(H,88,110)(H,89,107)(H,90,109)(H,91,102)(H,92,106)(H,93,111)(H4,76,77,79)/t37-,44-,45-,46?,47-,48-,49?,50-,51-,52-,53-,54-/m0/s1. The van der Waals surface area contributed by atoms with Gasteiger partial charge < -0.3 is 117 Å². The summed E-state index contributed by atoms with van der Waals surface area (Å²) in [6, 6.07) is -0.515. The van der Waals surface area contributed by atoms with Crippen LogP contribution in [0.3, 0.4) is 0 Å².